The first-order valence-corrected chi connectivity index (χ1v) is 10.4. The Morgan fingerprint density at radius 3 is 2.90 bits per heavy atom. The Balaban J connectivity index is 1.27. The number of nitrogens with zero attached hydrogens (tertiary/aromatic N) is 7. The van der Waals surface area contributed by atoms with Crippen molar-refractivity contribution in [1.29, 1.82) is 0 Å². The van der Waals surface area contributed by atoms with Crippen LogP contribution in [0.5, 0.6) is 0 Å². The predicted octanol–water partition coefficient (Wildman–Crippen LogP) is 1.52. The second-order valence-electron chi connectivity index (χ2n) is 8.15. The summed E-state index contributed by atoms with van der Waals surface area (Å²) >= 11 is 0. The van der Waals surface area contributed by atoms with E-state index in [-0.39, 0.29) is 5.54 Å². The van der Waals surface area contributed by atoms with E-state index in [1.807, 2.05) is 18.5 Å². The summed E-state index contributed by atoms with van der Waals surface area (Å²) in [5.41, 5.74) is 9.23. The van der Waals surface area contributed by atoms with Gasteiger partial charge in [0.2, 0.25) is 0 Å². The zero-order valence-electron chi connectivity index (χ0n) is 16.6. The topological polar surface area (TPSA) is 121 Å². The molecule has 0 aliphatic carbocycles. The number of aromatic nitrogens is 5. The molecule has 1 saturated heterocycles. The highest BCUT2D eigenvalue weighted by atomic mass is 16.5. The zero-order valence-corrected chi connectivity index (χ0v) is 16.6. The van der Waals surface area contributed by atoms with Gasteiger partial charge in [-0.25, -0.2) is 15.0 Å². The lowest BCUT2D eigenvalue weighted by Gasteiger charge is -2.36. The van der Waals surface area contributed by atoms with Gasteiger partial charge in [-0.1, -0.05) is 0 Å². The molecule has 0 amide bonds. The molecule has 0 bridgehead atoms. The molecule has 3 aliphatic rings. The van der Waals surface area contributed by atoms with Crippen LogP contribution < -0.4 is 15.5 Å². The number of amidine groups is 1. The number of nitrogens with two attached hydrogens (primary N) is 1. The molecule has 10 nitrogen and oxygen atoms in total. The fourth-order valence-corrected chi connectivity index (χ4v) is 4.65. The summed E-state index contributed by atoms with van der Waals surface area (Å²) in [6, 6.07) is 4.37. The molecule has 10 heteroatoms. The van der Waals surface area contributed by atoms with Gasteiger partial charge in [-0.05, 0) is 37.8 Å². The molecule has 1 spiro atoms. The summed E-state index contributed by atoms with van der Waals surface area (Å²) in [4.78, 5) is 23.0. The molecule has 154 valence electrons. The molecule has 0 atom stereocenters. The largest absolute Gasteiger partial charge is 0.463 e. The van der Waals surface area contributed by atoms with E-state index in [1.54, 1.807) is 0 Å². The first kappa shape index (κ1) is 17.4. The number of piperidine rings is 1. The van der Waals surface area contributed by atoms with Gasteiger partial charge < -0.3 is 20.3 Å². The summed E-state index contributed by atoms with van der Waals surface area (Å²) in [5.74, 6) is 1.66. The Morgan fingerprint density at radius 2 is 2.07 bits per heavy atom. The summed E-state index contributed by atoms with van der Waals surface area (Å²) in [5, 5.41) is 7.63. The summed E-state index contributed by atoms with van der Waals surface area (Å²) in [6.45, 7) is 3.15. The number of anilines is 3. The minimum absolute atomic E-state index is 0.172. The van der Waals surface area contributed by atoms with E-state index in [0.29, 0.717) is 18.3 Å². The van der Waals surface area contributed by atoms with E-state index in [0.717, 1.165) is 73.9 Å². The van der Waals surface area contributed by atoms with Crippen molar-refractivity contribution in [2.24, 2.45) is 10.7 Å². The number of rotatable bonds is 2. The van der Waals surface area contributed by atoms with Crippen LogP contribution in [0.25, 0.3) is 11.2 Å². The Morgan fingerprint density at radius 1 is 1.17 bits per heavy atom. The molecule has 3 aromatic heterocycles. The first-order valence-electron chi connectivity index (χ1n) is 10.4. The number of ether oxygens (including phenoxy) is 1. The van der Waals surface area contributed by atoms with Crippen molar-refractivity contribution in [3.05, 3.63) is 30.2 Å². The number of aliphatic imine (C=N–C) groups is 1. The highest BCUT2D eigenvalue weighted by Crippen LogP contribution is 2.35. The molecular weight excluding hydrogens is 382 g/mol. The highest BCUT2D eigenvalue weighted by molar-refractivity contribution is 5.87. The van der Waals surface area contributed by atoms with Crippen molar-refractivity contribution in [3.8, 4) is 0 Å². The number of aromatic amines is 1. The Hall–Kier alpha value is -3.43. The monoisotopic (exact) mass is 405 g/mol. The van der Waals surface area contributed by atoms with E-state index in [1.165, 1.54) is 0 Å². The van der Waals surface area contributed by atoms with E-state index in [2.05, 4.69) is 36.0 Å². The Labute approximate surface area is 173 Å². The van der Waals surface area contributed by atoms with Gasteiger partial charge in [0, 0.05) is 25.8 Å². The SMILES string of the molecule is NC1=NC2(CCN(c3cnc4c(N5CCCc6ncccc65)n[nH]c4n3)CC2)CO1. The molecule has 3 aliphatic heterocycles. The standard InChI is InChI=1S/C20H23N9O/c21-19-25-20(12-30-19)5-9-28(10-6-20)15-11-23-16-17(24-15)26-27-18(16)29-8-2-3-13-14(29)4-1-7-22-13/h1,4,7,11H,2-3,5-6,8-10,12H2,(H2,21,25)(H,24,26,27). The molecule has 6 heterocycles. The maximum absolute atomic E-state index is 5.71. The highest BCUT2D eigenvalue weighted by Gasteiger charge is 2.39. The number of pyridine rings is 1. The second kappa shape index (κ2) is 6.54. The third kappa shape index (κ3) is 2.74. The maximum atomic E-state index is 5.71. The minimum Gasteiger partial charge on any atom is -0.463 e. The van der Waals surface area contributed by atoms with Gasteiger partial charge in [-0.2, -0.15) is 5.10 Å². The third-order valence-corrected chi connectivity index (χ3v) is 6.30. The fraction of sp³-hybridized carbons (Fsp3) is 0.450. The van der Waals surface area contributed by atoms with Crippen LogP contribution in [0.15, 0.2) is 29.5 Å². The predicted molar refractivity (Wildman–Crippen MR) is 113 cm³/mol. The zero-order chi connectivity index (χ0) is 20.1. The van der Waals surface area contributed by atoms with Crippen LogP contribution in [0, 0.1) is 0 Å². The van der Waals surface area contributed by atoms with Crippen molar-refractivity contribution in [2.75, 3.05) is 36.0 Å². The third-order valence-electron chi connectivity index (χ3n) is 6.30. The van der Waals surface area contributed by atoms with Gasteiger partial charge >= 0.3 is 0 Å². The number of H-pyrrole nitrogens is 1. The lowest BCUT2D eigenvalue weighted by atomic mass is 9.89. The van der Waals surface area contributed by atoms with Gasteiger partial charge in [0.15, 0.2) is 17.0 Å². The maximum Gasteiger partial charge on any atom is 0.282 e. The van der Waals surface area contributed by atoms with Crippen LogP contribution in [0.4, 0.5) is 17.3 Å². The quantitative estimate of drug-likeness (QED) is 0.658. The first-order chi connectivity index (χ1) is 14.7. The molecule has 0 unspecified atom stereocenters. The van der Waals surface area contributed by atoms with E-state index >= 15 is 0 Å². The number of aryl methyl sites for hydroxylation is 1. The van der Waals surface area contributed by atoms with Crippen LogP contribution in [0.3, 0.4) is 0 Å². The van der Waals surface area contributed by atoms with Gasteiger partial charge in [-0.15, -0.1) is 0 Å². The van der Waals surface area contributed by atoms with E-state index in [4.69, 9.17) is 20.4 Å². The van der Waals surface area contributed by atoms with Gasteiger partial charge in [0.05, 0.1) is 17.6 Å². The van der Waals surface area contributed by atoms with Crippen LogP contribution in [0.1, 0.15) is 25.0 Å². The van der Waals surface area contributed by atoms with Crippen LogP contribution in [-0.2, 0) is 11.2 Å². The summed E-state index contributed by atoms with van der Waals surface area (Å²) < 4.78 is 5.39. The average Bonchev–Trinajstić information content (AvgIpc) is 3.37. The van der Waals surface area contributed by atoms with Crippen molar-refractivity contribution in [2.45, 2.75) is 31.2 Å². The lowest BCUT2D eigenvalue weighted by Crippen LogP contribution is -2.44. The molecule has 0 saturated carbocycles. The second-order valence-corrected chi connectivity index (χ2v) is 8.15. The molecule has 0 aromatic carbocycles. The van der Waals surface area contributed by atoms with Crippen molar-refractivity contribution >= 4 is 34.5 Å². The van der Waals surface area contributed by atoms with E-state index < -0.39 is 0 Å². The number of nitrogens with one attached hydrogen (secondary N) is 1. The molecule has 1 fully saturated rings. The Kier molecular flexibility index (Phi) is 3.80. The van der Waals surface area contributed by atoms with Crippen molar-refractivity contribution in [1.82, 2.24) is 25.1 Å². The van der Waals surface area contributed by atoms with E-state index in [9.17, 15) is 0 Å². The molecule has 0 radical (unpaired) electrons. The molecule has 3 N–H and O–H groups in total. The lowest BCUT2D eigenvalue weighted by molar-refractivity contribution is 0.221. The Bertz CT molecular complexity index is 1130. The number of hydrogen-bond acceptors (Lipinski definition) is 9. The van der Waals surface area contributed by atoms with Gasteiger partial charge in [-0.3, -0.25) is 10.1 Å². The number of hydrogen-bond donors (Lipinski definition) is 2. The van der Waals surface area contributed by atoms with Crippen molar-refractivity contribution in [3.63, 3.8) is 0 Å². The van der Waals surface area contributed by atoms with Crippen LogP contribution >= 0.6 is 0 Å². The van der Waals surface area contributed by atoms with Gasteiger partial charge in [0.25, 0.3) is 6.02 Å². The molecule has 3 aromatic rings. The average molecular weight is 405 g/mol. The van der Waals surface area contributed by atoms with Gasteiger partial charge in [0.1, 0.15) is 18.0 Å². The van der Waals surface area contributed by atoms with Crippen LogP contribution in [-0.4, -0.2) is 63.0 Å². The van der Waals surface area contributed by atoms with Crippen LogP contribution in [0.2, 0.25) is 0 Å². The summed E-state index contributed by atoms with van der Waals surface area (Å²) in [6.07, 6.45) is 7.49. The minimum atomic E-state index is -0.172. The summed E-state index contributed by atoms with van der Waals surface area (Å²) in [7, 11) is 0. The molecular formula is C20H23N9O. The normalized spacial score (nSPS) is 20.3. The molecule has 6 rings (SSSR count). The smallest absolute Gasteiger partial charge is 0.282 e. The number of fused-ring (bicyclic) bond motifs is 2. The van der Waals surface area contributed by atoms with Crippen molar-refractivity contribution < 1.29 is 4.74 Å². The fourth-order valence-electron chi connectivity index (χ4n) is 4.65. The molecule has 30 heavy (non-hydrogen) atoms.